The normalized spacial score (nSPS) is 15.9. The third-order valence-corrected chi connectivity index (χ3v) is 6.28. The number of carbonyl (C=O) groups excluding carboxylic acids is 1. The fourth-order valence-corrected chi connectivity index (χ4v) is 4.68. The van der Waals surface area contributed by atoms with Crippen molar-refractivity contribution in [3.63, 3.8) is 0 Å². The molecule has 0 bridgehead atoms. The molecule has 2 aromatic heterocycles. The van der Waals surface area contributed by atoms with Crippen LogP contribution in [0.15, 0.2) is 60.8 Å². The smallest absolute Gasteiger partial charge is 0.280 e. The minimum absolute atomic E-state index is 0.0747. The van der Waals surface area contributed by atoms with Crippen molar-refractivity contribution >= 4 is 11.6 Å². The van der Waals surface area contributed by atoms with Crippen LogP contribution in [-0.2, 0) is 0 Å². The van der Waals surface area contributed by atoms with E-state index in [1.807, 2.05) is 25.1 Å². The van der Waals surface area contributed by atoms with Crippen molar-refractivity contribution in [3.8, 4) is 17.0 Å². The van der Waals surface area contributed by atoms with E-state index in [2.05, 4.69) is 16.1 Å². The van der Waals surface area contributed by atoms with Crippen molar-refractivity contribution in [3.05, 3.63) is 83.2 Å². The van der Waals surface area contributed by atoms with Gasteiger partial charge in [0.2, 0.25) is 0 Å². The van der Waals surface area contributed by atoms with E-state index in [0.717, 1.165) is 28.5 Å². The molecule has 1 atom stereocenters. The van der Waals surface area contributed by atoms with Crippen LogP contribution in [0.25, 0.3) is 16.9 Å². The predicted octanol–water partition coefficient (Wildman–Crippen LogP) is 5.63. The number of aryl methyl sites for hydroxylation is 1. The molecule has 34 heavy (non-hydrogen) atoms. The number of hydrogen-bond acceptors (Lipinski definition) is 4. The molecule has 3 heterocycles. The highest BCUT2D eigenvalue weighted by atomic mass is 19.3. The minimum atomic E-state index is -2.80. The Morgan fingerprint density at radius 2 is 1.97 bits per heavy atom. The van der Waals surface area contributed by atoms with Crippen molar-refractivity contribution < 1.29 is 18.3 Å². The first kappa shape index (κ1) is 22.0. The standard InChI is InChI=1S/C26H24F2N4O2/c1-16-7-5-8-17(13-16)21-10-6-12-31(21)26(33)19-15-29-32-22(24(27)28)14-20(30-25(19)32)18-9-3-4-11-23(18)34-2/h3-5,7-9,11,13-15,21,24H,6,10,12H2,1-2H3/t21-/m1/s1. The van der Waals surface area contributed by atoms with E-state index in [1.54, 1.807) is 29.2 Å². The Labute approximate surface area is 195 Å². The number of para-hydroxylation sites is 1. The molecule has 0 radical (unpaired) electrons. The summed E-state index contributed by atoms with van der Waals surface area (Å²) >= 11 is 0. The van der Waals surface area contributed by atoms with Gasteiger partial charge in [0.05, 0.1) is 25.0 Å². The van der Waals surface area contributed by atoms with Gasteiger partial charge in [-0.3, -0.25) is 4.79 Å². The number of rotatable bonds is 5. The second-order valence-corrected chi connectivity index (χ2v) is 8.43. The summed E-state index contributed by atoms with van der Waals surface area (Å²) in [4.78, 5) is 20.1. The molecule has 1 saturated heterocycles. The molecule has 4 aromatic rings. The molecule has 0 saturated carbocycles. The number of fused-ring (bicyclic) bond motifs is 1. The Bertz CT molecular complexity index is 1370. The zero-order chi connectivity index (χ0) is 23.8. The summed E-state index contributed by atoms with van der Waals surface area (Å²) in [7, 11) is 1.51. The topological polar surface area (TPSA) is 59.7 Å². The second kappa shape index (κ2) is 8.85. The van der Waals surface area contributed by atoms with Crippen LogP contribution in [0.3, 0.4) is 0 Å². The average molecular weight is 463 g/mol. The first-order valence-corrected chi connectivity index (χ1v) is 11.2. The lowest BCUT2D eigenvalue weighted by Gasteiger charge is -2.25. The molecule has 0 unspecified atom stereocenters. The second-order valence-electron chi connectivity index (χ2n) is 8.43. The lowest BCUT2D eigenvalue weighted by molar-refractivity contribution is 0.0737. The Morgan fingerprint density at radius 1 is 1.15 bits per heavy atom. The molecule has 2 aromatic carbocycles. The van der Waals surface area contributed by atoms with E-state index < -0.39 is 6.43 Å². The van der Waals surface area contributed by atoms with Gasteiger partial charge in [0.25, 0.3) is 12.3 Å². The number of hydrogen-bond donors (Lipinski definition) is 0. The fourth-order valence-electron chi connectivity index (χ4n) is 4.68. The van der Waals surface area contributed by atoms with E-state index >= 15 is 0 Å². The molecule has 1 amide bonds. The summed E-state index contributed by atoms with van der Waals surface area (Å²) in [6.07, 6.45) is 0.255. The Balaban J connectivity index is 1.61. The monoisotopic (exact) mass is 462 g/mol. The number of nitrogens with zero attached hydrogens (tertiary/aromatic N) is 4. The molecule has 8 heteroatoms. The quantitative estimate of drug-likeness (QED) is 0.386. The van der Waals surface area contributed by atoms with Gasteiger partial charge in [0.1, 0.15) is 17.0 Å². The summed E-state index contributed by atoms with van der Waals surface area (Å²) in [6, 6.07) is 16.4. The van der Waals surface area contributed by atoms with Crippen LogP contribution in [0.4, 0.5) is 8.78 Å². The molecule has 5 rings (SSSR count). The van der Waals surface area contributed by atoms with Gasteiger partial charge in [-0.15, -0.1) is 0 Å². The fraction of sp³-hybridized carbons (Fsp3) is 0.269. The van der Waals surface area contributed by atoms with Gasteiger partial charge in [-0.05, 0) is 43.5 Å². The zero-order valence-electron chi connectivity index (χ0n) is 18.9. The number of benzene rings is 2. The van der Waals surface area contributed by atoms with E-state index in [-0.39, 0.29) is 28.9 Å². The molecule has 1 aliphatic rings. The van der Waals surface area contributed by atoms with Gasteiger partial charge in [-0.2, -0.15) is 5.10 Å². The van der Waals surface area contributed by atoms with Gasteiger partial charge in [0, 0.05) is 12.1 Å². The van der Waals surface area contributed by atoms with Crippen LogP contribution in [0, 0.1) is 6.92 Å². The first-order valence-electron chi connectivity index (χ1n) is 11.2. The third kappa shape index (κ3) is 3.79. The van der Waals surface area contributed by atoms with Crippen molar-refractivity contribution in [2.75, 3.05) is 13.7 Å². The zero-order valence-corrected chi connectivity index (χ0v) is 18.9. The highest BCUT2D eigenvalue weighted by molar-refractivity contribution is 6.00. The van der Waals surface area contributed by atoms with E-state index in [9.17, 15) is 13.6 Å². The molecule has 0 aliphatic carbocycles. The molecular formula is C26H24F2N4O2. The Morgan fingerprint density at radius 3 is 2.74 bits per heavy atom. The molecule has 1 aliphatic heterocycles. The minimum Gasteiger partial charge on any atom is -0.496 e. The highest BCUT2D eigenvalue weighted by Gasteiger charge is 2.33. The van der Waals surface area contributed by atoms with Gasteiger partial charge in [-0.25, -0.2) is 18.3 Å². The molecule has 6 nitrogen and oxygen atoms in total. The number of halogens is 2. The van der Waals surface area contributed by atoms with Crippen LogP contribution in [0.1, 0.15) is 52.5 Å². The molecule has 174 valence electrons. The van der Waals surface area contributed by atoms with E-state index in [0.29, 0.717) is 23.6 Å². The lowest BCUT2D eigenvalue weighted by Crippen LogP contribution is -2.30. The number of likely N-dealkylation sites (tertiary alicyclic amines) is 1. The van der Waals surface area contributed by atoms with Crippen LogP contribution < -0.4 is 4.74 Å². The molecule has 0 spiro atoms. The molecular weight excluding hydrogens is 438 g/mol. The Hall–Kier alpha value is -3.81. The third-order valence-electron chi connectivity index (χ3n) is 6.28. The molecule has 0 N–H and O–H groups in total. The van der Waals surface area contributed by atoms with Crippen LogP contribution in [0.2, 0.25) is 0 Å². The van der Waals surface area contributed by atoms with Crippen molar-refractivity contribution in [2.24, 2.45) is 0 Å². The number of methoxy groups -OCH3 is 1. The van der Waals surface area contributed by atoms with Gasteiger partial charge in [0.15, 0.2) is 5.65 Å². The van der Waals surface area contributed by atoms with E-state index in [1.165, 1.54) is 19.4 Å². The average Bonchev–Trinajstić information content (AvgIpc) is 3.50. The van der Waals surface area contributed by atoms with Crippen molar-refractivity contribution in [1.82, 2.24) is 19.5 Å². The number of amides is 1. The maximum Gasteiger partial charge on any atom is 0.280 e. The van der Waals surface area contributed by atoms with Crippen LogP contribution >= 0.6 is 0 Å². The predicted molar refractivity (Wildman–Crippen MR) is 124 cm³/mol. The number of alkyl halides is 2. The lowest BCUT2D eigenvalue weighted by atomic mass is 10.0. The summed E-state index contributed by atoms with van der Waals surface area (Å²) in [6.45, 7) is 2.60. The SMILES string of the molecule is COc1ccccc1-c1cc(C(F)F)n2ncc(C(=O)N3CCC[C@@H]3c3cccc(C)c3)c2n1. The summed E-state index contributed by atoms with van der Waals surface area (Å²) in [5.74, 6) is 0.245. The van der Waals surface area contributed by atoms with Gasteiger partial charge in [-0.1, -0.05) is 42.0 Å². The van der Waals surface area contributed by atoms with Gasteiger partial charge < -0.3 is 9.64 Å². The maximum atomic E-state index is 14.0. The summed E-state index contributed by atoms with van der Waals surface area (Å²) in [5, 5.41) is 4.12. The first-order chi connectivity index (χ1) is 16.5. The van der Waals surface area contributed by atoms with Crippen LogP contribution in [0.5, 0.6) is 5.75 Å². The summed E-state index contributed by atoms with van der Waals surface area (Å²) in [5.41, 5.74) is 3.04. The number of ether oxygens (including phenoxy) is 1. The van der Waals surface area contributed by atoms with Crippen LogP contribution in [-0.4, -0.2) is 39.1 Å². The highest BCUT2D eigenvalue weighted by Crippen LogP contribution is 2.35. The van der Waals surface area contributed by atoms with E-state index in [4.69, 9.17) is 4.74 Å². The Kier molecular flexibility index (Phi) is 5.73. The maximum absolute atomic E-state index is 14.0. The number of aromatic nitrogens is 3. The van der Waals surface area contributed by atoms with Gasteiger partial charge >= 0.3 is 0 Å². The van der Waals surface area contributed by atoms with Crippen molar-refractivity contribution in [1.29, 1.82) is 0 Å². The largest absolute Gasteiger partial charge is 0.496 e. The number of carbonyl (C=O) groups is 1. The molecule has 1 fully saturated rings. The van der Waals surface area contributed by atoms with Crippen molar-refractivity contribution in [2.45, 2.75) is 32.2 Å². The summed E-state index contributed by atoms with van der Waals surface area (Å²) < 4.78 is 34.4.